The minimum Gasteiger partial charge on any atom is -0.396 e. The second kappa shape index (κ2) is 1.15. The van der Waals surface area contributed by atoms with Crippen LogP contribution in [-0.2, 0) is 0 Å². The number of alkyl halides is 2. The quantitative estimate of drug-likeness (QED) is 0.567. The van der Waals surface area contributed by atoms with Crippen molar-refractivity contribution in [3.8, 4) is 0 Å². The van der Waals surface area contributed by atoms with Gasteiger partial charge < -0.3 is 5.11 Å². The molecule has 1 N–H and O–H groups in total. The molecule has 2 rings (SSSR count). The highest BCUT2D eigenvalue weighted by Crippen LogP contribution is 2.78. The summed E-state index contributed by atoms with van der Waals surface area (Å²) in [6.07, 6.45) is 0.557. The maximum absolute atomic E-state index is 12.3. The average Bonchev–Trinajstić information content (AvgIpc) is 2.53. The van der Waals surface area contributed by atoms with Crippen molar-refractivity contribution in [3.63, 3.8) is 0 Å². The van der Waals surface area contributed by atoms with Crippen molar-refractivity contribution in [1.82, 2.24) is 0 Å². The number of aliphatic hydroxyl groups excluding tert-OH is 1. The lowest BCUT2D eigenvalue weighted by atomic mass is 10.3. The topological polar surface area (TPSA) is 20.2 Å². The summed E-state index contributed by atoms with van der Waals surface area (Å²) in [5.74, 6) is -2.52. The summed E-state index contributed by atoms with van der Waals surface area (Å²) in [6.45, 7) is -0.0599. The third kappa shape index (κ3) is 0.467. The van der Waals surface area contributed by atoms with Gasteiger partial charge in [-0.2, -0.15) is 0 Å². The van der Waals surface area contributed by atoms with E-state index in [-0.39, 0.29) is 18.9 Å². The molecule has 2 aliphatic carbocycles. The van der Waals surface area contributed by atoms with Crippen LogP contribution in [0.15, 0.2) is 0 Å². The molecule has 2 saturated carbocycles. The molecule has 2 aliphatic rings. The summed E-state index contributed by atoms with van der Waals surface area (Å²) in [5.41, 5.74) is -0.720. The molecule has 1 nitrogen and oxygen atoms in total. The maximum atomic E-state index is 12.3. The Morgan fingerprint density at radius 1 is 1.56 bits per heavy atom. The Labute approximate surface area is 51.7 Å². The predicted molar refractivity (Wildman–Crippen MR) is 27.2 cm³/mol. The lowest BCUT2D eigenvalue weighted by Gasteiger charge is -1.90. The van der Waals surface area contributed by atoms with E-state index in [0.29, 0.717) is 6.42 Å². The highest BCUT2D eigenvalue weighted by molar-refractivity contribution is 5.24. The van der Waals surface area contributed by atoms with E-state index in [4.69, 9.17) is 5.11 Å². The van der Waals surface area contributed by atoms with E-state index < -0.39 is 11.3 Å². The average molecular weight is 134 g/mol. The first kappa shape index (κ1) is 5.59. The SMILES string of the molecule is OC[C@@H]1C[C@]12CC2(F)F. The van der Waals surface area contributed by atoms with Crippen molar-refractivity contribution in [2.45, 2.75) is 18.8 Å². The molecular formula is C6H8F2O. The smallest absolute Gasteiger partial charge is 0.255 e. The molecular weight excluding hydrogens is 126 g/mol. The number of aliphatic hydroxyl groups is 1. The first-order valence-corrected chi connectivity index (χ1v) is 3.11. The van der Waals surface area contributed by atoms with Crippen LogP contribution in [0.25, 0.3) is 0 Å². The summed E-state index contributed by atoms with van der Waals surface area (Å²) in [7, 11) is 0. The molecule has 0 aliphatic heterocycles. The summed E-state index contributed by atoms with van der Waals surface area (Å²) in [4.78, 5) is 0. The van der Waals surface area contributed by atoms with Crippen LogP contribution >= 0.6 is 0 Å². The Bertz CT molecular complexity index is 157. The number of hydrogen-bond acceptors (Lipinski definition) is 1. The van der Waals surface area contributed by atoms with Gasteiger partial charge in [-0.15, -0.1) is 0 Å². The Hall–Kier alpha value is -0.180. The molecule has 0 unspecified atom stereocenters. The maximum Gasteiger partial charge on any atom is 0.255 e. The van der Waals surface area contributed by atoms with E-state index in [1.54, 1.807) is 0 Å². The van der Waals surface area contributed by atoms with Crippen molar-refractivity contribution in [1.29, 1.82) is 0 Å². The van der Waals surface area contributed by atoms with Crippen LogP contribution in [0, 0.1) is 11.3 Å². The monoisotopic (exact) mass is 134 g/mol. The summed E-state index contributed by atoms with van der Waals surface area (Å²) < 4.78 is 24.6. The van der Waals surface area contributed by atoms with Gasteiger partial charge in [-0.3, -0.25) is 0 Å². The van der Waals surface area contributed by atoms with Crippen LogP contribution in [-0.4, -0.2) is 17.6 Å². The van der Waals surface area contributed by atoms with Crippen LogP contribution in [0.3, 0.4) is 0 Å². The van der Waals surface area contributed by atoms with Crippen LogP contribution in [0.2, 0.25) is 0 Å². The van der Waals surface area contributed by atoms with E-state index in [2.05, 4.69) is 0 Å². The third-order valence-electron chi connectivity index (χ3n) is 2.59. The molecule has 0 aromatic carbocycles. The van der Waals surface area contributed by atoms with Crippen LogP contribution in [0.1, 0.15) is 12.8 Å². The van der Waals surface area contributed by atoms with Crippen molar-refractivity contribution < 1.29 is 13.9 Å². The zero-order valence-electron chi connectivity index (χ0n) is 4.90. The van der Waals surface area contributed by atoms with Crippen molar-refractivity contribution in [2.75, 3.05) is 6.61 Å². The molecule has 2 atom stereocenters. The Morgan fingerprint density at radius 2 is 2.11 bits per heavy atom. The normalized spacial score (nSPS) is 51.7. The molecule has 9 heavy (non-hydrogen) atoms. The minimum absolute atomic E-state index is 0.0191. The fourth-order valence-electron chi connectivity index (χ4n) is 1.64. The first-order chi connectivity index (χ1) is 4.12. The van der Waals surface area contributed by atoms with E-state index in [1.165, 1.54) is 0 Å². The molecule has 52 valence electrons. The minimum atomic E-state index is -2.43. The van der Waals surface area contributed by atoms with Gasteiger partial charge in [-0.25, -0.2) is 8.78 Å². The zero-order valence-corrected chi connectivity index (χ0v) is 4.90. The van der Waals surface area contributed by atoms with Crippen molar-refractivity contribution >= 4 is 0 Å². The molecule has 0 amide bonds. The summed E-state index contributed by atoms with van der Waals surface area (Å²) >= 11 is 0. The standard InChI is InChI=1S/C6H8F2O/c7-6(8)3-5(6)1-4(5)2-9/h4,9H,1-3H2/t4-,5-/m0/s1. The zero-order chi connectivity index (χ0) is 6.70. The predicted octanol–water partition coefficient (Wildman–Crippen LogP) is 1.02. The van der Waals surface area contributed by atoms with Gasteiger partial charge in [0.25, 0.3) is 5.92 Å². The molecule has 1 spiro atoms. The number of rotatable bonds is 1. The fourth-order valence-corrected chi connectivity index (χ4v) is 1.64. The molecule has 2 fully saturated rings. The van der Waals surface area contributed by atoms with Crippen LogP contribution < -0.4 is 0 Å². The van der Waals surface area contributed by atoms with Gasteiger partial charge in [0.05, 0.1) is 0 Å². The van der Waals surface area contributed by atoms with E-state index in [1.807, 2.05) is 0 Å². The van der Waals surface area contributed by atoms with Crippen LogP contribution in [0.4, 0.5) is 8.78 Å². The molecule has 3 heteroatoms. The van der Waals surface area contributed by atoms with E-state index in [0.717, 1.165) is 0 Å². The summed E-state index contributed by atoms with van der Waals surface area (Å²) in [6, 6.07) is 0. The van der Waals surface area contributed by atoms with Crippen molar-refractivity contribution in [2.24, 2.45) is 11.3 Å². The number of hydrogen-bond donors (Lipinski definition) is 1. The van der Waals surface area contributed by atoms with Crippen LogP contribution in [0.5, 0.6) is 0 Å². The third-order valence-corrected chi connectivity index (χ3v) is 2.59. The molecule has 0 saturated heterocycles. The second-order valence-electron chi connectivity index (χ2n) is 3.12. The Morgan fingerprint density at radius 3 is 2.22 bits per heavy atom. The Balaban J connectivity index is 2.05. The van der Waals surface area contributed by atoms with Crippen molar-refractivity contribution in [3.05, 3.63) is 0 Å². The van der Waals surface area contributed by atoms with E-state index >= 15 is 0 Å². The Kier molecular flexibility index (Phi) is 0.712. The molecule has 0 bridgehead atoms. The van der Waals surface area contributed by atoms with E-state index in [9.17, 15) is 8.78 Å². The molecule has 0 radical (unpaired) electrons. The molecule has 0 heterocycles. The van der Waals surface area contributed by atoms with Gasteiger partial charge in [-0.1, -0.05) is 0 Å². The van der Waals surface area contributed by atoms with Gasteiger partial charge in [0, 0.05) is 18.4 Å². The molecule has 0 aromatic heterocycles. The highest BCUT2D eigenvalue weighted by Gasteiger charge is 2.82. The summed E-state index contributed by atoms with van der Waals surface area (Å²) in [5, 5.41) is 8.48. The molecule has 0 aromatic rings. The van der Waals surface area contributed by atoms with Gasteiger partial charge in [0.15, 0.2) is 0 Å². The lowest BCUT2D eigenvalue weighted by molar-refractivity contribution is 0.0853. The van der Waals surface area contributed by atoms with Gasteiger partial charge >= 0.3 is 0 Å². The highest BCUT2D eigenvalue weighted by atomic mass is 19.3. The largest absolute Gasteiger partial charge is 0.396 e. The van der Waals surface area contributed by atoms with Gasteiger partial charge in [0.1, 0.15) is 0 Å². The lowest BCUT2D eigenvalue weighted by Crippen LogP contribution is -1.97. The second-order valence-corrected chi connectivity index (χ2v) is 3.12. The first-order valence-electron chi connectivity index (χ1n) is 3.11. The van der Waals surface area contributed by atoms with Gasteiger partial charge in [0.2, 0.25) is 0 Å². The fraction of sp³-hybridized carbons (Fsp3) is 1.00. The van der Waals surface area contributed by atoms with Gasteiger partial charge in [-0.05, 0) is 12.3 Å². The number of halogens is 2.